The molecular weight excluding hydrogens is 364 g/mol. The van der Waals surface area contributed by atoms with Crippen molar-refractivity contribution in [3.63, 3.8) is 0 Å². The van der Waals surface area contributed by atoms with Crippen LogP contribution in [0.2, 0.25) is 0 Å². The fraction of sp³-hybridized carbons (Fsp3) is 0.435. The number of aromatic nitrogens is 1. The summed E-state index contributed by atoms with van der Waals surface area (Å²) < 4.78 is 0. The molecule has 3 rings (SSSR count). The first-order chi connectivity index (χ1) is 13.7. The predicted octanol–water partition coefficient (Wildman–Crippen LogP) is 3.76. The Kier molecular flexibility index (Phi) is 5.27. The van der Waals surface area contributed by atoms with E-state index in [0.29, 0.717) is 34.4 Å². The maximum atomic E-state index is 13.6. The molecular formula is C23H22N4O2. The van der Waals surface area contributed by atoms with Gasteiger partial charge in [-0.2, -0.15) is 15.8 Å². The molecule has 146 valence electrons. The maximum absolute atomic E-state index is 13.6. The lowest BCUT2D eigenvalue weighted by atomic mass is 9.82. The highest BCUT2D eigenvalue weighted by molar-refractivity contribution is 6.13. The molecule has 1 N–H and O–H groups in total. The molecule has 1 unspecified atom stereocenters. The second-order valence-corrected chi connectivity index (χ2v) is 8.24. The van der Waals surface area contributed by atoms with Gasteiger partial charge in [-0.1, -0.05) is 19.9 Å². The zero-order valence-corrected chi connectivity index (χ0v) is 16.8. The molecule has 1 fully saturated rings. The van der Waals surface area contributed by atoms with Crippen molar-refractivity contribution in [3.05, 3.63) is 56.0 Å². The second-order valence-electron chi connectivity index (χ2n) is 8.24. The number of allylic oxidation sites excluding steroid dienone is 4. The van der Waals surface area contributed by atoms with Crippen LogP contribution in [0.4, 0.5) is 0 Å². The SMILES string of the molecule is Cc1[nH]c(=O)c(C(C)C)c(C(=O)C2=CC(C#N)CC(C#N)=C2)c1CC1(C#N)CC1. The standard InChI is InChI=1S/C23H22N4O2/c1-13(2)19-20(21(28)17-7-15(10-24)6-16(8-17)11-25)18(14(3)27-22(19)29)9-23(12-26)4-5-23/h7-8,13,15H,4-6,9H2,1-3H3,(H,27,29). The van der Waals surface area contributed by atoms with Crippen LogP contribution in [-0.4, -0.2) is 10.8 Å². The van der Waals surface area contributed by atoms with Crippen molar-refractivity contribution < 1.29 is 4.79 Å². The molecule has 0 saturated heterocycles. The van der Waals surface area contributed by atoms with Crippen LogP contribution in [0.5, 0.6) is 0 Å². The van der Waals surface area contributed by atoms with Crippen molar-refractivity contribution >= 4 is 5.78 Å². The Balaban J connectivity index is 2.23. The van der Waals surface area contributed by atoms with Crippen LogP contribution in [0, 0.1) is 52.2 Å². The van der Waals surface area contributed by atoms with Crippen molar-refractivity contribution in [1.29, 1.82) is 15.8 Å². The molecule has 0 radical (unpaired) electrons. The molecule has 29 heavy (non-hydrogen) atoms. The number of ketones is 1. The number of carbonyl (C=O) groups is 1. The summed E-state index contributed by atoms with van der Waals surface area (Å²) in [6.45, 7) is 5.44. The smallest absolute Gasteiger partial charge is 0.252 e. The molecule has 2 aliphatic carbocycles. The third-order valence-electron chi connectivity index (χ3n) is 5.70. The topological polar surface area (TPSA) is 121 Å². The second kappa shape index (κ2) is 7.53. The predicted molar refractivity (Wildman–Crippen MR) is 107 cm³/mol. The third-order valence-corrected chi connectivity index (χ3v) is 5.70. The maximum Gasteiger partial charge on any atom is 0.252 e. The van der Waals surface area contributed by atoms with Crippen molar-refractivity contribution in [2.75, 3.05) is 0 Å². The van der Waals surface area contributed by atoms with Gasteiger partial charge in [0.15, 0.2) is 5.78 Å². The molecule has 0 aliphatic heterocycles. The number of H-pyrrole nitrogens is 1. The Morgan fingerprint density at radius 3 is 2.52 bits per heavy atom. The van der Waals surface area contributed by atoms with Crippen LogP contribution in [0.25, 0.3) is 0 Å². The van der Waals surface area contributed by atoms with Gasteiger partial charge in [0.2, 0.25) is 0 Å². The molecule has 2 aliphatic rings. The molecule has 1 aromatic rings. The summed E-state index contributed by atoms with van der Waals surface area (Å²) >= 11 is 0. The Bertz CT molecular complexity index is 1130. The van der Waals surface area contributed by atoms with E-state index in [4.69, 9.17) is 0 Å². The number of Topliss-reactive ketones (excluding diaryl/α,β-unsaturated/α-hetero) is 1. The Labute approximate surface area is 169 Å². The Morgan fingerprint density at radius 1 is 1.31 bits per heavy atom. The van der Waals surface area contributed by atoms with Gasteiger partial charge in [0, 0.05) is 34.4 Å². The number of nitrogens with zero attached hydrogens (tertiary/aromatic N) is 3. The molecule has 1 aromatic heterocycles. The minimum atomic E-state index is -0.559. The number of aryl methyl sites for hydroxylation is 1. The number of hydrogen-bond acceptors (Lipinski definition) is 5. The van der Waals surface area contributed by atoms with Crippen LogP contribution < -0.4 is 5.56 Å². The molecule has 0 bridgehead atoms. The van der Waals surface area contributed by atoms with Crippen molar-refractivity contribution in [2.24, 2.45) is 11.3 Å². The number of carbonyl (C=O) groups excluding carboxylic acids is 1. The summed E-state index contributed by atoms with van der Waals surface area (Å²) in [5.41, 5.74) is 1.80. The summed E-state index contributed by atoms with van der Waals surface area (Å²) in [6, 6.07) is 6.50. The Morgan fingerprint density at radius 2 is 2.00 bits per heavy atom. The molecule has 0 spiro atoms. The van der Waals surface area contributed by atoms with Crippen LogP contribution in [0.3, 0.4) is 0 Å². The first-order valence-electron chi connectivity index (χ1n) is 9.69. The van der Waals surface area contributed by atoms with E-state index in [2.05, 4.69) is 17.1 Å². The Hall–Kier alpha value is -3.43. The van der Waals surface area contributed by atoms with Crippen molar-refractivity contribution in [3.8, 4) is 18.2 Å². The van der Waals surface area contributed by atoms with Crippen molar-refractivity contribution in [1.82, 2.24) is 4.98 Å². The van der Waals surface area contributed by atoms with Gasteiger partial charge in [-0.15, -0.1) is 0 Å². The van der Waals surface area contributed by atoms with Crippen LogP contribution in [0.15, 0.2) is 28.1 Å². The van der Waals surface area contributed by atoms with Gasteiger partial charge in [0.25, 0.3) is 5.56 Å². The zero-order chi connectivity index (χ0) is 21.3. The summed E-state index contributed by atoms with van der Waals surface area (Å²) in [5.74, 6) is -1.12. The van der Waals surface area contributed by atoms with Gasteiger partial charge < -0.3 is 4.98 Å². The van der Waals surface area contributed by atoms with E-state index < -0.39 is 11.3 Å². The molecule has 6 heteroatoms. The number of aromatic amines is 1. The van der Waals surface area contributed by atoms with Crippen LogP contribution in [-0.2, 0) is 6.42 Å². The fourth-order valence-corrected chi connectivity index (χ4v) is 3.88. The van der Waals surface area contributed by atoms with Gasteiger partial charge in [-0.25, -0.2) is 0 Å². The van der Waals surface area contributed by atoms with E-state index in [-0.39, 0.29) is 29.3 Å². The fourth-order valence-electron chi connectivity index (χ4n) is 3.88. The zero-order valence-electron chi connectivity index (χ0n) is 16.8. The first kappa shape index (κ1) is 20.3. The van der Waals surface area contributed by atoms with E-state index in [9.17, 15) is 25.4 Å². The number of nitriles is 3. The summed E-state index contributed by atoms with van der Waals surface area (Å²) in [4.78, 5) is 29.2. The lowest BCUT2D eigenvalue weighted by Gasteiger charge is -2.21. The molecule has 0 aromatic carbocycles. The highest BCUT2D eigenvalue weighted by Gasteiger charge is 2.44. The lowest BCUT2D eigenvalue weighted by molar-refractivity contribution is 0.103. The molecule has 1 saturated carbocycles. The molecule has 0 amide bonds. The third kappa shape index (κ3) is 3.78. The quantitative estimate of drug-likeness (QED) is 0.772. The summed E-state index contributed by atoms with van der Waals surface area (Å²) in [5, 5.41) is 28.2. The average molecular weight is 386 g/mol. The van der Waals surface area contributed by atoms with Crippen LogP contribution >= 0.6 is 0 Å². The van der Waals surface area contributed by atoms with Crippen LogP contribution in [0.1, 0.15) is 66.2 Å². The molecule has 6 nitrogen and oxygen atoms in total. The van der Waals surface area contributed by atoms with Gasteiger partial charge in [0.05, 0.1) is 29.5 Å². The average Bonchev–Trinajstić information content (AvgIpc) is 3.48. The van der Waals surface area contributed by atoms with Gasteiger partial charge >= 0.3 is 0 Å². The highest BCUT2D eigenvalue weighted by atomic mass is 16.1. The number of hydrogen-bond donors (Lipinski definition) is 1. The van der Waals surface area contributed by atoms with E-state index in [0.717, 1.165) is 12.8 Å². The number of pyridine rings is 1. The number of nitrogens with one attached hydrogen (secondary N) is 1. The highest BCUT2D eigenvalue weighted by Crippen LogP contribution is 2.48. The minimum Gasteiger partial charge on any atom is -0.326 e. The molecule has 1 heterocycles. The summed E-state index contributed by atoms with van der Waals surface area (Å²) in [7, 11) is 0. The van der Waals surface area contributed by atoms with E-state index in [1.54, 1.807) is 13.0 Å². The normalized spacial score (nSPS) is 19.4. The van der Waals surface area contributed by atoms with Gasteiger partial charge in [-0.3, -0.25) is 9.59 Å². The van der Waals surface area contributed by atoms with E-state index >= 15 is 0 Å². The molecule has 1 atom stereocenters. The van der Waals surface area contributed by atoms with Crippen molar-refractivity contribution in [2.45, 2.75) is 52.4 Å². The largest absolute Gasteiger partial charge is 0.326 e. The first-order valence-corrected chi connectivity index (χ1v) is 9.69. The van der Waals surface area contributed by atoms with Gasteiger partial charge in [0.1, 0.15) is 0 Å². The summed E-state index contributed by atoms with van der Waals surface area (Å²) in [6.07, 6.45) is 5.30. The number of rotatable bonds is 5. The lowest BCUT2D eigenvalue weighted by Crippen LogP contribution is -2.26. The van der Waals surface area contributed by atoms with E-state index in [1.807, 2.05) is 19.9 Å². The monoisotopic (exact) mass is 386 g/mol. The van der Waals surface area contributed by atoms with Gasteiger partial charge in [-0.05, 0) is 43.7 Å². The van der Waals surface area contributed by atoms with E-state index in [1.165, 1.54) is 6.08 Å². The minimum absolute atomic E-state index is 0.204.